The average molecular weight is 289 g/mol. The maximum absolute atomic E-state index is 12.9. The summed E-state index contributed by atoms with van der Waals surface area (Å²) in [5.41, 5.74) is 6.31. The quantitative estimate of drug-likeness (QED) is 0.930. The highest BCUT2D eigenvalue weighted by molar-refractivity contribution is 5.93. The number of halogens is 1. The zero-order valence-corrected chi connectivity index (χ0v) is 11.6. The summed E-state index contributed by atoms with van der Waals surface area (Å²) >= 11 is 0. The number of aromatic nitrogens is 1. The third-order valence-electron chi connectivity index (χ3n) is 3.07. The second-order valence-corrected chi connectivity index (χ2v) is 4.54. The first-order chi connectivity index (χ1) is 10.0. The van der Waals surface area contributed by atoms with E-state index >= 15 is 0 Å². The molecular formula is C15H16FN3O2. The lowest BCUT2D eigenvalue weighted by molar-refractivity contribution is -0.119. The third kappa shape index (κ3) is 3.47. The SMILES string of the molecule is CCN(C(=O)Cn1cc(N)ccc1=O)c1ccc(F)cc1. The molecule has 0 atom stereocenters. The summed E-state index contributed by atoms with van der Waals surface area (Å²) in [5, 5.41) is 0. The Bertz CT molecular complexity index is 695. The van der Waals surface area contributed by atoms with E-state index in [4.69, 9.17) is 5.73 Å². The molecule has 0 spiro atoms. The van der Waals surface area contributed by atoms with E-state index in [1.165, 1.54) is 52.1 Å². The number of amides is 1. The van der Waals surface area contributed by atoms with Gasteiger partial charge in [-0.2, -0.15) is 0 Å². The zero-order valence-electron chi connectivity index (χ0n) is 11.6. The van der Waals surface area contributed by atoms with E-state index in [0.717, 1.165) is 0 Å². The normalized spacial score (nSPS) is 10.4. The molecular weight excluding hydrogens is 273 g/mol. The first kappa shape index (κ1) is 14.8. The number of hydrogen-bond donors (Lipinski definition) is 1. The van der Waals surface area contributed by atoms with E-state index in [-0.39, 0.29) is 23.8 Å². The van der Waals surface area contributed by atoms with Crippen LogP contribution >= 0.6 is 0 Å². The Kier molecular flexibility index (Phi) is 4.37. The number of nitrogens with two attached hydrogens (primary N) is 1. The van der Waals surface area contributed by atoms with Gasteiger partial charge in [0.15, 0.2) is 0 Å². The Morgan fingerprint density at radius 3 is 2.52 bits per heavy atom. The van der Waals surface area contributed by atoms with Crippen molar-refractivity contribution in [1.29, 1.82) is 0 Å². The second-order valence-electron chi connectivity index (χ2n) is 4.54. The molecule has 0 saturated carbocycles. The maximum atomic E-state index is 12.9. The molecule has 0 fully saturated rings. The topological polar surface area (TPSA) is 68.3 Å². The van der Waals surface area contributed by atoms with Gasteiger partial charge in [0.05, 0.1) is 0 Å². The number of carbonyl (C=O) groups excluding carboxylic acids is 1. The van der Waals surface area contributed by atoms with Crippen molar-refractivity contribution in [2.24, 2.45) is 0 Å². The smallest absolute Gasteiger partial charge is 0.251 e. The Labute approximate surface area is 121 Å². The molecule has 1 aromatic heterocycles. The number of anilines is 2. The van der Waals surface area contributed by atoms with Crippen molar-refractivity contribution in [2.75, 3.05) is 17.2 Å². The van der Waals surface area contributed by atoms with Gasteiger partial charge >= 0.3 is 0 Å². The monoisotopic (exact) mass is 289 g/mol. The van der Waals surface area contributed by atoms with Crippen LogP contribution in [0.1, 0.15) is 6.92 Å². The zero-order chi connectivity index (χ0) is 15.4. The Hall–Kier alpha value is -2.63. The van der Waals surface area contributed by atoms with Crippen molar-refractivity contribution in [3.05, 3.63) is 58.8 Å². The van der Waals surface area contributed by atoms with Gasteiger partial charge in [-0.05, 0) is 37.3 Å². The van der Waals surface area contributed by atoms with Crippen LogP contribution in [0.4, 0.5) is 15.8 Å². The summed E-state index contributed by atoms with van der Waals surface area (Å²) in [6.07, 6.45) is 1.43. The fourth-order valence-corrected chi connectivity index (χ4v) is 2.03. The van der Waals surface area contributed by atoms with E-state index in [1.54, 1.807) is 0 Å². The maximum Gasteiger partial charge on any atom is 0.251 e. The van der Waals surface area contributed by atoms with Crippen LogP contribution in [0.25, 0.3) is 0 Å². The molecule has 0 aliphatic rings. The minimum Gasteiger partial charge on any atom is -0.398 e. The molecule has 0 aliphatic heterocycles. The van der Waals surface area contributed by atoms with E-state index in [9.17, 15) is 14.0 Å². The molecule has 6 heteroatoms. The summed E-state index contributed by atoms with van der Waals surface area (Å²) in [4.78, 5) is 25.5. The van der Waals surface area contributed by atoms with Gasteiger partial charge in [0.2, 0.25) is 5.91 Å². The predicted molar refractivity (Wildman–Crippen MR) is 79.5 cm³/mol. The lowest BCUT2D eigenvalue weighted by atomic mass is 10.2. The van der Waals surface area contributed by atoms with Crippen molar-refractivity contribution >= 4 is 17.3 Å². The molecule has 21 heavy (non-hydrogen) atoms. The first-order valence-corrected chi connectivity index (χ1v) is 6.53. The summed E-state index contributed by atoms with van der Waals surface area (Å²) < 4.78 is 14.2. The summed E-state index contributed by atoms with van der Waals surface area (Å²) in [6.45, 7) is 2.11. The standard InChI is InChI=1S/C15H16FN3O2/c1-2-19(13-6-3-11(16)4-7-13)15(21)10-18-9-12(17)5-8-14(18)20/h3-9H,2,10,17H2,1H3. The van der Waals surface area contributed by atoms with E-state index in [0.29, 0.717) is 17.9 Å². The van der Waals surface area contributed by atoms with Crippen LogP contribution in [0.2, 0.25) is 0 Å². The fourth-order valence-electron chi connectivity index (χ4n) is 2.03. The van der Waals surface area contributed by atoms with Crippen LogP contribution < -0.4 is 16.2 Å². The molecule has 0 bridgehead atoms. The Morgan fingerprint density at radius 1 is 1.24 bits per heavy atom. The number of hydrogen-bond acceptors (Lipinski definition) is 3. The molecule has 1 aromatic carbocycles. The van der Waals surface area contributed by atoms with Gasteiger partial charge in [0, 0.05) is 30.2 Å². The largest absolute Gasteiger partial charge is 0.398 e. The molecule has 0 aliphatic carbocycles. The fraction of sp³-hybridized carbons (Fsp3) is 0.200. The van der Waals surface area contributed by atoms with Gasteiger partial charge in [0.25, 0.3) is 5.56 Å². The summed E-state index contributed by atoms with van der Waals surface area (Å²) in [5.74, 6) is -0.633. The number of rotatable bonds is 4. The van der Waals surface area contributed by atoms with Gasteiger partial charge in [-0.15, -0.1) is 0 Å². The molecule has 1 heterocycles. The van der Waals surface area contributed by atoms with E-state index < -0.39 is 0 Å². The Balaban J connectivity index is 2.23. The van der Waals surface area contributed by atoms with Crippen LogP contribution in [-0.4, -0.2) is 17.0 Å². The number of carbonyl (C=O) groups is 1. The lowest BCUT2D eigenvalue weighted by Gasteiger charge is -2.21. The minimum atomic E-state index is -0.366. The molecule has 2 aromatic rings. The van der Waals surface area contributed by atoms with Gasteiger partial charge in [-0.25, -0.2) is 4.39 Å². The number of pyridine rings is 1. The second kappa shape index (κ2) is 6.21. The number of likely N-dealkylation sites (N-methyl/N-ethyl adjacent to an activating group) is 1. The minimum absolute atomic E-state index is 0.116. The van der Waals surface area contributed by atoms with E-state index in [1.807, 2.05) is 6.92 Å². The molecule has 2 N–H and O–H groups in total. The molecule has 2 rings (SSSR count). The highest BCUT2D eigenvalue weighted by Crippen LogP contribution is 2.15. The van der Waals surface area contributed by atoms with Gasteiger partial charge in [0.1, 0.15) is 12.4 Å². The summed E-state index contributed by atoms with van der Waals surface area (Å²) in [7, 11) is 0. The van der Waals surface area contributed by atoms with Crippen LogP contribution in [0, 0.1) is 5.82 Å². The molecule has 5 nitrogen and oxygen atoms in total. The molecule has 1 amide bonds. The molecule has 0 unspecified atom stereocenters. The molecule has 0 radical (unpaired) electrons. The van der Waals surface area contributed by atoms with Gasteiger partial charge < -0.3 is 15.2 Å². The van der Waals surface area contributed by atoms with Crippen molar-refractivity contribution in [2.45, 2.75) is 13.5 Å². The van der Waals surface area contributed by atoms with Gasteiger partial charge in [-0.1, -0.05) is 0 Å². The predicted octanol–water partition coefficient (Wildman–Crippen LogP) is 1.62. The van der Waals surface area contributed by atoms with Crippen molar-refractivity contribution < 1.29 is 9.18 Å². The van der Waals surface area contributed by atoms with Crippen molar-refractivity contribution in [3.8, 4) is 0 Å². The average Bonchev–Trinajstić information content (AvgIpc) is 2.46. The van der Waals surface area contributed by atoms with E-state index in [2.05, 4.69) is 0 Å². The first-order valence-electron chi connectivity index (χ1n) is 6.53. The number of nitrogen functional groups attached to an aromatic ring is 1. The van der Waals surface area contributed by atoms with Crippen LogP contribution in [0.5, 0.6) is 0 Å². The molecule has 110 valence electrons. The van der Waals surface area contributed by atoms with Crippen LogP contribution in [0.15, 0.2) is 47.4 Å². The number of benzene rings is 1. The van der Waals surface area contributed by atoms with Crippen LogP contribution in [-0.2, 0) is 11.3 Å². The van der Waals surface area contributed by atoms with Crippen molar-refractivity contribution in [3.63, 3.8) is 0 Å². The third-order valence-corrected chi connectivity index (χ3v) is 3.07. The molecule has 0 saturated heterocycles. The van der Waals surface area contributed by atoms with Gasteiger partial charge in [-0.3, -0.25) is 9.59 Å². The lowest BCUT2D eigenvalue weighted by Crippen LogP contribution is -2.36. The Morgan fingerprint density at radius 2 is 1.90 bits per heavy atom. The highest BCUT2D eigenvalue weighted by atomic mass is 19.1. The van der Waals surface area contributed by atoms with Crippen LogP contribution in [0.3, 0.4) is 0 Å². The summed E-state index contributed by atoms with van der Waals surface area (Å²) in [6, 6.07) is 8.44. The van der Waals surface area contributed by atoms with Crippen molar-refractivity contribution in [1.82, 2.24) is 4.57 Å². The number of nitrogens with zero attached hydrogens (tertiary/aromatic N) is 2. The highest BCUT2D eigenvalue weighted by Gasteiger charge is 2.15.